The van der Waals surface area contributed by atoms with E-state index in [9.17, 15) is 0 Å². The maximum Gasteiger partial charge on any atom is 0.133 e. The van der Waals surface area contributed by atoms with E-state index in [0.717, 1.165) is 16.8 Å². The minimum atomic E-state index is 0.396. The number of hydrogen-bond donors (Lipinski definition) is 1. The smallest absolute Gasteiger partial charge is 0.133 e. The average molecular weight is 254 g/mol. The van der Waals surface area contributed by atoms with Gasteiger partial charge in [0.15, 0.2) is 0 Å². The van der Waals surface area contributed by atoms with Crippen molar-refractivity contribution >= 4 is 23.2 Å². The summed E-state index contributed by atoms with van der Waals surface area (Å²) in [6.45, 7) is 0.425. The van der Waals surface area contributed by atoms with E-state index in [-0.39, 0.29) is 0 Å². The summed E-state index contributed by atoms with van der Waals surface area (Å²) in [5, 5.41) is 1.04. The molecule has 2 N–H and O–H groups in total. The highest BCUT2D eigenvalue weighted by atomic mass is 35.5. The fourth-order valence-electron chi connectivity index (χ4n) is 1.45. The number of benzene rings is 1. The molecule has 0 spiro atoms. The predicted molar refractivity (Wildman–Crippen MR) is 65.4 cm³/mol. The van der Waals surface area contributed by atoms with E-state index in [1.807, 2.05) is 12.1 Å². The first-order valence-corrected chi connectivity index (χ1v) is 5.42. The second kappa shape index (κ2) is 4.78. The number of nitrogens with two attached hydrogens (primary N) is 1. The highest BCUT2D eigenvalue weighted by Gasteiger charge is 2.07. The van der Waals surface area contributed by atoms with Crippen molar-refractivity contribution < 1.29 is 0 Å². The Hall–Kier alpha value is -1.16. The lowest BCUT2D eigenvalue weighted by atomic mass is 10.0. The summed E-state index contributed by atoms with van der Waals surface area (Å²) in [4.78, 5) is 7.98. The predicted octanol–water partition coefficient (Wildman–Crippen LogP) is 2.91. The van der Waals surface area contributed by atoms with Gasteiger partial charge < -0.3 is 5.73 Å². The van der Waals surface area contributed by atoms with Crippen LogP contribution < -0.4 is 5.73 Å². The van der Waals surface area contributed by atoms with Gasteiger partial charge in [-0.2, -0.15) is 0 Å². The van der Waals surface area contributed by atoms with Crippen LogP contribution in [0.2, 0.25) is 10.2 Å². The molecule has 0 aliphatic heterocycles. The lowest BCUT2D eigenvalue weighted by Gasteiger charge is -2.07. The van der Waals surface area contributed by atoms with Crippen molar-refractivity contribution in [2.75, 3.05) is 0 Å². The van der Waals surface area contributed by atoms with Crippen LogP contribution in [0.15, 0.2) is 30.6 Å². The van der Waals surface area contributed by atoms with Crippen molar-refractivity contribution in [3.8, 4) is 11.3 Å². The van der Waals surface area contributed by atoms with Crippen LogP contribution >= 0.6 is 23.2 Å². The van der Waals surface area contributed by atoms with Crippen molar-refractivity contribution in [2.45, 2.75) is 6.54 Å². The molecule has 0 aliphatic rings. The van der Waals surface area contributed by atoms with Crippen LogP contribution in [0.4, 0.5) is 0 Å². The van der Waals surface area contributed by atoms with E-state index >= 15 is 0 Å². The van der Waals surface area contributed by atoms with E-state index in [4.69, 9.17) is 28.9 Å². The summed E-state index contributed by atoms with van der Waals surface area (Å²) in [7, 11) is 0. The molecule has 0 saturated carbocycles. The topological polar surface area (TPSA) is 51.8 Å². The standard InChI is InChI=1S/C11H9Cl2N3/c12-8-2-1-7(5-14)9(3-8)10-4-11(13)16-6-15-10/h1-4,6H,5,14H2. The third-order valence-electron chi connectivity index (χ3n) is 2.20. The Morgan fingerprint density at radius 2 is 1.94 bits per heavy atom. The van der Waals surface area contributed by atoms with Crippen molar-refractivity contribution in [2.24, 2.45) is 5.73 Å². The maximum atomic E-state index is 5.95. The highest BCUT2D eigenvalue weighted by Crippen LogP contribution is 2.26. The Bertz CT molecular complexity index is 514. The monoisotopic (exact) mass is 253 g/mol. The first-order chi connectivity index (χ1) is 7.70. The molecule has 0 saturated heterocycles. The third-order valence-corrected chi connectivity index (χ3v) is 2.64. The van der Waals surface area contributed by atoms with Gasteiger partial charge in [0.05, 0.1) is 5.69 Å². The Balaban J connectivity index is 2.58. The molecule has 1 aromatic carbocycles. The van der Waals surface area contributed by atoms with Gasteiger partial charge in [-0.1, -0.05) is 29.3 Å². The Labute approximate surface area is 103 Å². The van der Waals surface area contributed by atoms with E-state index in [1.54, 1.807) is 12.1 Å². The second-order valence-corrected chi connectivity index (χ2v) is 4.06. The summed E-state index contributed by atoms with van der Waals surface area (Å²) in [6.07, 6.45) is 1.42. The molecule has 0 aliphatic carbocycles. The Morgan fingerprint density at radius 3 is 2.62 bits per heavy atom. The zero-order valence-electron chi connectivity index (χ0n) is 8.32. The quantitative estimate of drug-likeness (QED) is 0.838. The van der Waals surface area contributed by atoms with Crippen molar-refractivity contribution in [3.05, 3.63) is 46.3 Å². The van der Waals surface area contributed by atoms with Crippen LogP contribution in [0, 0.1) is 0 Å². The molecule has 0 atom stereocenters. The number of rotatable bonds is 2. The van der Waals surface area contributed by atoms with Gasteiger partial charge in [0.25, 0.3) is 0 Å². The van der Waals surface area contributed by atoms with Crippen LogP contribution in [-0.4, -0.2) is 9.97 Å². The van der Waals surface area contributed by atoms with Gasteiger partial charge >= 0.3 is 0 Å². The van der Waals surface area contributed by atoms with Gasteiger partial charge in [0.1, 0.15) is 11.5 Å². The molecule has 0 fully saturated rings. The molecule has 0 unspecified atom stereocenters. The van der Waals surface area contributed by atoms with Gasteiger partial charge in [0, 0.05) is 23.2 Å². The molecule has 0 radical (unpaired) electrons. The molecule has 82 valence electrons. The fraction of sp³-hybridized carbons (Fsp3) is 0.0909. The molecule has 1 aromatic heterocycles. The largest absolute Gasteiger partial charge is 0.326 e. The van der Waals surface area contributed by atoms with Crippen LogP contribution in [0.1, 0.15) is 5.56 Å². The van der Waals surface area contributed by atoms with Crippen LogP contribution in [0.25, 0.3) is 11.3 Å². The summed E-state index contributed by atoms with van der Waals surface area (Å²) in [6, 6.07) is 7.19. The molecule has 3 nitrogen and oxygen atoms in total. The fourth-order valence-corrected chi connectivity index (χ4v) is 1.77. The number of nitrogens with zero attached hydrogens (tertiary/aromatic N) is 2. The molecular formula is C11H9Cl2N3. The van der Waals surface area contributed by atoms with Crippen molar-refractivity contribution in [1.82, 2.24) is 9.97 Å². The first-order valence-electron chi connectivity index (χ1n) is 4.67. The van der Waals surface area contributed by atoms with E-state index in [1.165, 1.54) is 6.33 Å². The average Bonchev–Trinajstić information content (AvgIpc) is 2.29. The SMILES string of the molecule is NCc1ccc(Cl)cc1-c1cc(Cl)ncn1. The lowest BCUT2D eigenvalue weighted by Crippen LogP contribution is -1.99. The number of halogens is 2. The van der Waals surface area contributed by atoms with Gasteiger partial charge in [-0.3, -0.25) is 0 Å². The molecule has 2 aromatic rings. The van der Waals surface area contributed by atoms with Gasteiger partial charge in [0.2, 0.25) is 0 Å². The number of hydrogen-bond acceptors (Lipinski definition) is 3. The summed E-state index contributed by atoms with van der Waals surface area (Å²) in [5.74, 6) is 0. The van der Waals surface area contributed by atoms with Crippen LogP contribution in [0.3, 0.4) is 0 Å². The number of aromatic nitrogens is 2. The minimum absolute atomic E-state index is 0.396. The van der Waals surface area contributed by atoms with E-state index in [0.29, 0.717) is 16.7 Å². The summed E-state index contributed by atoms with van der Waals surface area (Å²) in [5.41, 5.74) is 8.24. The maximum absolute atomic E-state index is 5.95. The Morgan fingerprint density at radius 1 is 1.12 bits per heavy atom. The van der Waals surface area contributed by atoms with Gasteiger partial charge in [-0.15, -0.1) is 0 Å². The zero-order valence-corrected chi connectivity index (χ0v) is 9.83. The van der Waals surface area contributed by atoms with Crippen molar-refractivity contribution in [1.29, 1.82) is 0 Å². The molecule has 16 heavy (non-hydrogen) atoms. The highest BCUT2D eigenvalue weighted by molar-refractivity contribution is 6.31. The van der Waals surface area contributed by atoms with Gasteiger partial charge in [-0.05, 0) is 17.7 Å². The van der Waals surface area contributed by atoms with Crippen LogP contribution in [0.5, 0.6) is 0 Å². The molecule has 0 bridgehead atoms. The lowest BCUT2D eigenvalue weighted by molar-refractivity contribution is 1.07. The summed E-state index contributed by atoms with van der Waals surface area (Å²) < 4.78 is 0. The van der Waals surface area contributed by atoms with Crippen LogP contribution in [-0.2, 0) is 6.54 Å². The third kappa shape index (κ3) is 2.32. The van der Waals surface area contributed by atoms with Gasteiger partial charge in [-0.25, -0.2) is 9.97 Å². The van der Waals surface area contributed by atoms with E-state index < -0.39 is 0 Å². The molecule has 5 heteroatoms. The Kier molecular flexibility index (Phi) is 3.39. The molecular weight excluding hydrogens is 245 g/mol. The van der Waals surface area contributed by atoms with E-state index in [2.05, 4.69) is 9.97 Å². The summed E-state index contributed by atoms with van der Waals surface area (Å²) >= 11 is 11.8. The normalized spacial score (nSPS) is 10.4. The second-order valence-electron chi connectivity index (χ2n) is 3.23. The molecule has 1 heterocycles. The zero-order chi connectivity index (χ0) is 11.5. The van der Waals surface area contributed by atoms with Crippen molar-refractivity contribution in [3.63, 3.8) is 0 Å². The molecule has 0 amide bonds. The molecule has 2 rings (SSSR count). The first kappa shape index (κ1) is 11.3. The minimum Gasteiger partial charge on any atom is -0.326 e.